The van der Waals surface area contributed by atoms with Gasteiger partial charge in [0.25, 0.3) is 0 Å². The molecular formula is C17H18N2O6. The predicted molar refractivity (Wildman–Crippen MR) is 88.5 cm³/mol. The fourth-order valence-corrected chi connectivity index (χ4v) is 1.97. The smallest absolute Gasteiger partial charge is 0.440 e. The van der Waals surface area contributed by atoms with Crippen molar-refractivity contribution in [1.29, 1.82) is 0 Å². The molecule has 0 aromatic heterocycles. The Hall–Kier alpha value is -3.42. The zero-order chi connectivity index (χ0) is 18.4. The van der Waals surface area contributed by atoms with Gasteiger partial charge in [-0.1, -0.05) is 24.3 Å². The first kappa shape index (κ1) is 17.9. The Morgan fingerprint density at radius 1 is 0.760 bits per heavy atom. The molecule has 2 aromatic rings. The molecule has 8 heteroatoms. The lowest BCUT2D eigenvalue weighted by Gasteiger charge is -2.14. The number of hydroxylamine groups is 4. The molecule has 0 fully saturated rings. The van der Waals surface area contributed by atoms with Crippen LogP contribution in [0.25, 0.3) is 0 Å². The molecule has 0 atom stereocenters. The Balaban J connectivity index is 1.95. The molecule has 0 bridgehead atoms. The Morgan fingerprint density at radius 2 is 1.08 bits per heavy atom. The van der Waals surface area contributed by atoms with E-state index in [1.54, 1.807) is 24.3 Å². The zero-order valence-electron chi connectivity index (χ0n) is 13.7. The standard InChI is InChI=1S/C17H18N2O6/c1-18(16(20)21)24-14-7-3-12(4-8-14)11-13-5-9-15(10-6-13)25-19(2)17(22)23/h3-10H,11H2,1-2H3,(H,20,21)(H,22,23). The van der Waals surface area contributed by atoms with E-state index in [-0.39, 0.29) is 0 Å². The minimum Gasteiger partial charge on any atom is -0.463 e. The van der Waals surface area contributed by atoms with Gasteiger partial charge in [0.05, 0.1) is 14.1 Å². The molecule has 0 aliphatic rings. The van der Waals surface area contributed by atoms with E-state index >= 15 is 0 Å². The van der Waals surface area contributed by atoms with Crippen molar-refractivity contribution in [2.24, 2.45) is 0 Å². The third-order valence-electron chi connectivity index (χ3n) is 3.28. The summed E-state index contributed by atoms with van der Waals surface area (Å²) < 4.78 is 0. The van der Waals surface area contributed by atoms with Gasteiger partial charge in [0.2, 0.25) is 0 Å². The lowest BCUT2D eigenvalue weighted by Crippen LogP contribution is -2.28. The van der Waals surface area contributed by atoms with Crippen LogP contribution < -0.4 is 9.68 Å². The van der Waals surface area contributed by atoms with Crippen molar-refractivity contribution < 1.29 is 29.5 Å². The van der Waals surface area contributed by atoms with Crippen LogP contribution in [0, 0.1) is 0 Å². The molecule has 25 heavy (non-hydrogen) atoms. The molecule has 132 valence electrons. The number of carboxylic acid groups (broad SMARTS) is 2. The number of hydrogen-bond acceptors (Lipinski definition) is 4. The Morgan fingerprint density at radius 3 is 1.36 bits per heavy atom. The normalized spacial score (nSPS) is 10.0. The second-order valence-electron chi connectivity index (χ2n) is 5.21. The third-order valence-corrected chi connectivity index (χ3v) is 3.28. The molecule has 0 heterocycles. The molecule has 8 nitrogen and oxygen atoms in total. The average Bonchev–Trinajstić information content (AvgIpc) is 2.58. The molecule has 2 rings (SSSR count). The van der Waals surface area contributed by atoms with Crippen molar-refractivity contribution in [3.63, 3.8) is 0 Å². The largest absolute Gasteiger partial charge is 0.463 e. The molecule has 0 spiro atoms. The quantitative estimate of drug-likeness (QED) is 0.780. The Labute approximate surface area is 144 Å². The van der Waals surface area contributed by atoms with E-state index in [9.17, 15) is 9.59 Å². The highest BCUT2D eigenvalue weighted by Gasteiger charge is 2.08. The summed E-state index contributed by atoms with van der Waals surface area (Å²) in [7, 11) is 2.61. The van der Waals surface area contributed by atoms with Gasteiger partial charge in [-0.3, -0.25) is 0 Å². The fraction of sp³-hybridized carbons (Fsp3) is 0.176. The molecule has 0 aliphatic heterocycles. The SMILES string of the molecule is CN(Oc1ccc(Cc2ccc(ON(C)C(=O)O)cc2)cc1)C(=O)O. The molecular weight excluding hydrogens is 328 g/mol. The topological polar surface area (TPSA) is 99.5 Å². The summed E-state index contributed by atoms with van der Waals surface area (Å²) in [5.41, 5.74) is 2.03. The van der Waals surface area contributed by atoms with E-state index in [2.05, 4.69) is 0 Å². The number of carbonyl (C=O) groups is 2. The lowest BCUT2D eigenvalue weighted by molar-refractivity contribution is -0.0132. The number of nitrogens with zero attached hydrogens (tertiary/aromatic N) is 2. The van der Waals surface area contributed by atoms with Gasteiger partial charge < -0.3 is 19.9 Å². The predicted octanol–water partition coefficient (Wildman–Crippen LogP) is 3.08. The summed E-state index contributed by atoms with van der Waals surface area (Å²) in [6.45, 7) is 0. The van der Waals surface area contributed by atoms with Crippen LogP contribution in [0.15, 0.2) is 48.5 Å². The molecule has 0 aliphatic carbocycles. The van der Waals surface area contributed by atoms with Crippen molar-refractivity contribution in [3.05, 3.63) is 59.7 Å². The highest BCUT2D eigenvalue weighted by atomic mass is 16.7. The van der Waals surface area contributed by atoms with E-state index in [0.717, 1.165) is 21.3 Å². The summed E-state index contributed by atoms with van der Waals surface area (Å²) in [6.07, 6.45) is -1.70. The van der Waals surface area contributed by atoms with Crippen molar-refractivity contribution in [2.75, 3.05) is 14.1 Å². The van der Waals surface area contributed by atoms with Crippen molar-refractivity contribution in [1.82, 2.24) is 10.1 Å². The summed E-state index contributed by atoms with van der Waals surface area (Å²) in [5, 5.41) is 19.0. The Bertz CT molecular complexity index is 666. The van der Waals surface area contributed by atoms with E-state index < -0.39 is 12.2 Å². The van der Waals surface area contributed by atoms with Gasteiger partial charge in [0.15, 0.2) is 11.5 Å². The minimum atomic E-state index is -1.18. The maximum atomic E-state index is 10.7. The second kappa shape index (κ2) is 7.91. The van der Waals surface area contributed by atoms with Gasteiger partial charge in [-0.25, -0.2) is 9.59 Å². The first-order valence-corrected chi connectivity index (χ1v) is 7.32. The minimum absolute atomic E-state index is 0.425. The van der Waals surface area contributed by atoms with Crippen LogP contribution in [0.5, 0.6) is 11.5 Å². The van der Waals surface area contributed by atoms with Gasteiger partial charge >= 0.3 is 12.2 Å². The van der Waals surface area contributed by atoms with Crippen molar-refractivity contribution in [2.45, 2.75) is 6.42 Å². The molecule has 0 saturated carbocycles. The van der Waals surface area contributed by atoms with Crippen LogP contribution in [0.1, 0.15) is 11.1 Å². The highest BCUT2D eigenvalue weighted by Crippen LogP contribution is 2.18. The van der Waals surface area contributed by atoms with Crippen LogP contribution >= 0.6 is 0 Å². The molecule has 0 saturated heterocycles. The van der Waals surface area contributed by atoms with Crippen LogP contribution in [0.3, 0.4) is 0 Å². The summed E-state index contributed by atoms with van der Waals surface area (Å²) in [5.74, 6) is 0.850. The second-order valence-corrected chi connectivity index (χ2v) is 5.21. The van der Waals surface area contributed by atoms with Crippen LogP contribution in [0.4, 0.5) is 9.59 Å². The average molecular weight is 346 g/mol. The van der Waals surface area contributed by atoms with Crippen molar-refractivity contribution >= 4 is 12.2 Å². The van der Waals surface area contributed by atoms with E-state index in [0.29, 0.717) is 17.9 Å². The lowest BCUT2D eigenvalue weighted by atomic mass is 10.0. The molecule has 2 N–H and O–H groups in total. The summed E-state index contributed by atoms with van der Waals surface area (Å²) in [4.78, 5) is 31.6. The number of benzene rings is 2. The molecule has 2 aromatic carbocycles. The number of hydrogen-bond donors (Lipinski definition) is 2. The molecule has 0 radical (unpaired) electrons. The van der Waals surface area contributed by atoms with Crippen LogP contribution in [0.2, 0.25) is 0 Å². The fourth-order valence-electron chi connectivity index (χ4n) is 1.97. The maximum absolute atomic E-state index is 10.7. The highest BCUT2D eigenvalue weighted by molar-refractivity contribution is 5.63. The monoisotopic (exact) mass is 346 g/mol. The maximum Gasteiger partial charge on any atom is 0.440 e. The summed E-state index contributed by atoms with van der Waals surface area (Å²) in [6, 6.07) is 14.1. The van der Waals surface area contributed by atoms with E-state index in [1.165, 1.54) is 14.1 Å². The first-order chi connectivity index (χ1) is 11.8. The molecule has 2 amide bonds. The van der Waals surface area contributed by atoms with Gasteiger partial charge in [-0.15, -0.1) is 10.1 Å². The van der Waals surface area contributed by atoms with Gasteiger partial charge in [0, 0.05) is 0 Å². The van der Waals surface area contributed by atoms with Gasteiger partial charge in [-0.05, 0) is 41.8 Å². The van der Waals surface area contributed by atoms with Crippen LogP contribution in [-0.2, 0) is 6.42 Å². The van der Waals surface area contributed by atoms with Gasteiger partial charge in [-0.2, -0.15) is 0 Å². The zero-order valence-corrected chi connectivity index (χ0v) is 13.7. The van der Waals surface area contributed by atoms with E-state index in [4.69, 9.17) is 19.9 Å². The van der Waals surface area contributed by atoms with Crippen LogP contribution in [-0.4, -0.2) is 46.6 Å². The molecule has 0 unspecified atom stereocenters. The number of rotatable bonds is 6. The summed E-state index contributed by atoms with van der Waals surface area (Å²) >= 11 is 0. The Kier molecular flexibility index (Phi) is 5.67. The van der Waals surface area contributed by atoms with E-state index in [1.807, 2.05) is 24.3 Å². The van der Waals surface area contributed by atoms with Crippen molar-refractivity contribution in [3.8, 4) is 11.5 Å². The first-order valence-electron chi connectivity index (χ1n) is 7.32. The number of amides is 2. The van der Waals surface area contributed by atoms with Gasteiger partial charge in [0.1, 0.15) is 0 Å². The third kappa shape index (κ3) is 5.31.